The molecule has 4 saturated carbocycles. The van der Waals surface area contributed by atoms with Crippen LogP contribution in [0.15, 0.2) is 11.6 Å². The molecular formula is C30H44O11. The van der Waals surface area contributed by atoms with Gasteiger partial charge < -0.3 is 49.3 Å². The van der Waals surface area contributed by atoms with Crippen LogP contribution in [0.4, 0.5) is 0 Å². The average Bonchev–Trinajstić information content (AvgIpc) is 3.48. The number of cyclic esters (lactones) is 1. The summed E-state index contributed by atoms with van der Waals surface area (Å²) in [6, 6.07) is 0. The fraction of sp³-hybridized carbons (Fsp3) is 0.867. The van der Waals surface area contributed by atoms with E-state index >= 15 is 0 Å². The maximum atomic E-state index is 13.1. The van der Waals surface area contributed by atoms with E-state index in [2.05, 4.69) is 0 Å². The van der Waals surface area contributed by atoms with Crippen LogP contribution in [-0.2, 0) is 28.5 Å². The summed E-state index contributed by atoms with van der Waals surface area (Å²) in [5.41, 5.74) is -3.98. The van der Waals surface area contributed by atoms with Gasteiger partial charge in [-0.05, 0) is 75.2 Å². The lowest BCUT2D eigenvalue weighted by Gasteiger charge is -2.66. The first-order valence-corrected chi connectivity index (χ1v) is 15.0. The Labute approximate surface area is 239 Å². The molecule has 2 aliphatic heterocycles. The van der Waals surface area contributed by atoms with Gasteiger partial charge in [0.05, 0.1) is 34.9 Å². The molecule has 0 aromatic heterocycles. The van der Waals surface area contributed by atoms with Crippen LogP contribution in [0.3, 0.4) is 0 Å². The van der Waals surface area contributed by atoms with Crippen LogP contribution in [0.25, 0.3) is 0 Å². The van der Waals surface area contributed by atoms with Gasteiger partial charge in [0.1, 0.15) is 31.2 Å². The number of carbonyl (C=O) groups is 2. The van der Waals surface area contributed by atoms with Crippen molar-refractivity contribution in [2.45, 2.75) is 119 Å². The lowest BCUT2D eigenvalue weighted by atomic mass is 9.41. The van der Waals surface area contributed by atoms with Gasteiger partial charge in [-0.2, -0.15) is 0 Å². The number of aldehydes is 1. The summed E-state index contributed by atoms with van der Waals surface area (Å²) in [5.74, 6) is -1.36. The van der Waals surface area contributed by atoms with Gasteiger partial charge in [0.15, 0.2) is 6.29 Å². The highest BCUT2D eigenvalue weighted by molar-refractivity contribution is 5.85. The van der Waals surface area contributed by atoms with E-state index in [0.717, 1.165) is 11.9 Å². The minimum Gasteiger partial charge on any atom is -0.458 e. The number of methoxy groups -OCH3 is 1. The van der Waals surface area contributed by atoms with Crippen LogP contribution >= 0.6 is 0 Å². The highest BCUT2D eigenvalue weighted by atomic mass is 16.7. The molecule has 41 heavy (non-hydrogen) atoms. The predicted octanol–water partition coefficient (Wildman–Crippen LogP) is 0.375. The maximum absolute atomic E-state index is 13.1. The van der Waals surface area contributed by atoms with Gasteiger partial charge in [0.25, 0.3) is 0 Å². The van der Waals surface area contributed by atoms with Crippen molar-refractivity contribution in [3.63, 3.8) is 0 Å². The van der Waals surface area contributed by atoms with Crippen molar-refractivity contribution in [1.29, 1.82) is 0 Å². The van der Waals surface area contributed by atoms with Crippen LogP contribution in [0.2, 0.25) is 0 Å². The standard InChI is InChI=1S/C30H44O11/c1-15-23(34)24(35)25(38-3)26(40-15)41-17-4-7-28(14-31)20-11-21(32)27(2)18(16-10-22(33)39-13-16)6-9-30(27,37)19(20)5-8-29(28,36)12-17/h10,14-15,17-21,23-26,32,34-37H,4-9,11-13H2,1-3H3/t15-,17?,18-,19-,20+,21?,23-,24-,25-,26+,27+,28+,29?,30+/m1/s1. The first-order chi connectivity index (χ1) is 19.3. The molecule has 11 heteroatoms. The monoisotopic (exact) mass is 580 g/mol. The van der Waals surface area contributed by atoms with Crippen LogP contribution in [-0.4, -0.2) is 106 Å². The van der Waals surface area contributed by atoms with Crippen molar-refractivity contribution < 1.29 is 54.1 Å². The normalized spacial score (nSPS) is 54.9. The second kappa shape index (κ2) is 10.1. The summed E-state index contributed by atoms with van der Waals surface area (Å²) in [7, 11) is 1.40. The van der Waals surface area contributed by atoms with E-state index in [1.54, 1.807) is 6.92 Å². The first kappa shape index (κ1) is 29.6. The molecule has 0 bridgehead atoms. The molecule has 6 aliphatic rings. The van der Waals surface area contributed by atoms with E-state index in [4.69, 9.17) is 18.9 Å². The molecule has 5 N–H and O–H groups in total. The van der Waals surface area contributed by atoms with E-state index in [1.165, 1.54) is 13.2 Å². The summed E-state index contributed by atoms with van der Waals surface area (Å²) in [6.45, 7) is 3.70. The summed E-state index contributed by atoms with van der Waals surface area (Å²) in [5, 5.41) is 57.0. The van der Waals surface area contributed by atoms with Crippen molar-refractivity contribution in [2.75, 3.05) is 13.7 Å². The Morgan fingerprint density at radius 3 is 2.46 bits per heavy atom. The Balaban J connectivity index is 1.25. The summed E-state index contributed by atoms with van der Waals surface area (Å²) >= 11 is 0. The number of carbonyl (C=O) groups excluding carboxylic acids is 2. The molecule has 11 nitrogen and oxygen atoms in total. The van der Waals surface area contributed by atoms with Crippen LogP contribution in [0.1, 0.15) is 65.2 Å². The molecule has 0 amide bonds. The second-order valence-electron chi connectivity index (χ2n) is 13.7. The molecule has 5 fully saturated rings. The van der Waals surface area contributed by atoms with Crippen LogP contribution in [0.5, 0.6) is 0 Å². The third kappa shape index (κ3) is 4.00. The smallest absolute Gasteiger partial charge is 0.331 e. The topological polar surface area (TPSA) is 172 Å². The predicted molar refractivity (Wildman–Crippen MR) is 141 cm³/mol. The minimum absolute atomic E-state index is 0.152. The van der Waals surface area contributed by atoms with Crippen LogP contribution < -0.4 is 0 Å². The number of ether oxygens (including phenoxy) is 4. The zero-order valence-electron chi connectivity index (χ0n) is 24.0. The third-order valence-corrected chi connectivity index (χ3v) is 12.3. The Kier molecular flexibility index (Phi) is 7.26. The summed E-state index contributed by atoms with van der Waals surface area (Å²) < 4.78 is 22.6. The van der Waals surface area contributed by atoms with Gasteiger partial charge in [0, 0.05) is 25.0 Å². The molecule has 0 aromatic rings. The SMILES string of the molecule is CO[C@H]1[C@H](OC2CC[C@]3(C=O)[C@H]4CC(O)[C@]5(C)[C@@H](C6=CC(=O)OC6)CC[C@]5(O)[C@@H]4CCC3(O)C2)O[C@H](C)[C@@H](O)[C@H]1O. The Morgan fingerprint density at radius 2 is 1.80 bits per heavy atom. The van der Waals surface area contributed by atoms with E-state index in [0.29, 0.717) is 32.1 Å². The molecule has 0 radical (unpaired) electrons. The highest BCUT2D eigenvalue weighted by Gasteiger charge is 2.74. The molecule has 230 valence electrons. The molecule has 6 rings (SSSR count). The zero-order valence-corrected chi connectivity index (χ0v) is 24.0. The van der Waals surface area contributed by atoms with E-state index in [9.17, 15) is 35.1 Å². The lowest BCUT2D eigenvalue weighted by molar-refractivity contribution is -0.322. The zero-order chi connectivity index (χ0) is 29.5. The second-order valence-corrected chi connectivity index (χ2v) is 13.7. The number of fused-ring (bicyclic) bond motifs is 5. The van der Waals surface area contributed by atoms with Gasteiger partial charge in [-0.3, -0.25) is 0 Å². The molecule has 3 unspecified atom stereocenters. The number of hydrogen-bond donors (Lipinski definition) is 5. The number of aliphatic hydroxyl groups is 5. The van der Waals surface area contributed by atoms with E-state index in [1.807, 2.05) is 6.92 Å². The molecule has 1 saturated heterocycles. The lowest BCUT2D eigenvalue weighted by Crippen LogP contribution is -2.71. The third-order valence-electron chi connectivity index (χ3n) is 12.3. The fourth-order valence-electron chi connectivity index (χ4n) is 9.98. The van der Waals surface area contributed by atoms with Crippen molar-refractivity contribution >= 4 is 12.3 Å². The van der Waals surface area contributed by atoms with Gasteiger partial charge >= 0.3 is 5.97 Å². The van der Waals surface area contributed by atoms with Crippen molar-refractivity contribution in [1.82, 2.24) is 0 Å². The van der Waals surface area contributed by atoms with Gasteiger partial charge in [-0.25, -0.2) is 4.79 Å². The number of hydrogen-bond acceptors (Lipinski definition) is 11. The first-order valence-electron chi connectivity index (χ1n) is 15.0. The number of esters is 1. The van der Waals surface area contributed by atoms with E-state index in [-0.39, 0.29) is 37.7 Å². The molecule has 0 spiro atoms. The van der Waals surface area contributed by atoms with Crippen molar-refractivity contribution in [3.05, 3.63) is 11.6 Å². The molecular weight excluding hydrogens is 536 g/mol. The molecule has 2 heterocycles. The molecule has 14 atom stereocenters. The van der Waals surface area contributed by atoms with Crippen molar-refractivity contribution in [2.24, 2.45) is 28.6 Å². The van der Waals surface area contributed by atoms with Crippen LogP contribution in [0, 0.1) is 28.6 Å². The number of aliphatic hydroxyl groups excluding tert-OH is 3. The highest BCUT2D eigenvalue weighted by Crippen LogP contribution is 2.70. The van der Waals surface area contributed by atoms with Gasteiger partial charge in [0.2, 0.25) is 0 Å². The van der Waals surface area contributed by atoms with Gasteiger partial charge in [-0.15, -0.1) is 0 Å². The average molecular weight is 581 g/mol. The number of rotatable bonds is 5. The van der Waals surface area contributed by atoms with Gasteiger partial charge in [-0.1, -0.05) is 6.92 Å². The van der Waals surface area contributed by atoms with Crippen molar-refractivity contribution in [3.8, 4) is 0 Å². The molecule has 0 aromatic carbocycles. The Hall–Kier alpha value is -1.44. The fourth-order valence-corrected chi connectivity index (χ4v) is 9.98. The Morgan fingerprint density at radius 1 is 1.05 bits per heavy atom. The summed E-state index contributed by atoms with van der Waals surface area (Å²) in [4.78, 5) is 24.9. The molecule has 4 aliphatic carbocycles. The largest absolute Gasteiger partial charge is 0.458 e. The minimum atomic E-state index is -1.42. The maximum Gasteiger partial charge on any atom is 0.331 e. The summed E-state index contributed by atoms with van der Waals surface area (Å²) in [6.07, 6.45) is -1.06. The quantitative estimate of drug-likeness (QED) is 0.173. The van der Waals surface area contributed by atoms with E-state index < -0.39 is 76.8 Å². The Bertz CT molecular complexity index is 1100.